The zero-order chi connectivity index (χ0) is 8.85. The van der Waals surface area contributed by atoms with Crippen molar-refractivity contribution >= 4 is 11.9 Å². The van der Waals surface area contributed by atoms with E-state index in [4.69, 9.17) is 0 Å². The Kier molecular flexibility index (Phi) is 15.4. The summed E-state index contributed by atoms with van der Waals surface area (Å²) in [5.74, 6) is -3.09. The number of carboxylic acids is 2. The molecule has 4 nitrogen and oxygen atoms in total. The molecule has 13 heavy (non-hydrogen) atoms. The first-order valence-corrected chi connectivity index (χ1v) is 2.84. The fraction of sp³-hybridized carbons (Fsp3) is 0.143. The Balaban J connectivity index is -0.000000500. The molecule has 0 heterocycles. The number of carbonyl (C=O) groups is 2. The second kappa shape index (κ2) is 10.5. The van der Waals surface area contributed by atoms with E-state index in [1.165, 1.54) is 6.08 Å². The van der Waals surface area contributed by atoms with E-state index in [0.29, 0.717) is 6.08 Å². The molecule has 0 rings (SSSR count). The van der Waals surface area contributed by atoms with Crippen LogP contribution in [0.5, 0.6) is 0 Å². The Bertz CT molecular complexity index is 233. The Morgan fingerprint density at radius 2 is 1.62 bits per heavy atom. The minimum Gasteiger partial charge on any atom is -0.545 e. The van der Waals surface area contributed by atoms with Crippen LogP contribution in [0.15, 0.2) is 23.8 Å². The quantitative estimate of drug-likeness (QED) is 0.257. The summed E-state index contributed by atoms with van der Waals surface area (Å²) in [5.41, 5.74) is -0.410. The van der Waals surface area contributed by atoms with E-state index in [0.717, 1.165) is 6.08 Å². The van der Waals surface area contributed by atoms with Gasteiger partial charge in [0.2, 0.25) is 0 Å². The van der Waals surface area contributed by atoms with E-state index in [1.807, 2.05) is 0 Å². The molecule has 0 N–H and O–H groups in total. The molecular weight excluding hydrogens is 194 g/mol. The molecular formula is C7H6Na2O4. The van der Waals surface area contributed by atoms with Crippen molar-refractivity contribution in [3.05, 3.63) is 23.8 Å². The number of rotatable bonds is 3. The van der Waals surface area contributed by atoms with Crippen molar-refractivity contribution in [1.82, 2.24) is 0 Å². The summed E-state index contributed by atoms with van der Waals surface area (Å²) in [5, 5.41) is 20.0. The molecule has 0 aromatic carbocycles. The Morgan fingerprint density at radius 3 is 1.85 bits per heavy atom. The summed E-state index contributed by atoms with van der Waals surface area (Å²) in [6, 6.07) is 0. The SMILES string of the molecule is CC=C/C(=C/C(=O)[O-])C(=O)[O-].[Na+].[Na+]. The topological polar surface area (TPSA) is 80.3 Å². The van der Waals surface area contributed by atoms with Gasteiger partial charge in [0.15, 0.2) is 0 Å². The summed E-state index contributed by atoms with van der Waals surface area (Å²) < 4.78 is 0. The van der Waals surface area contributed by atoms with Crippen molar-refractivity contribution < 1.29 is 78.9 Å². The number of hydrogen-bond donors (Lipinski definition) is 0. The van der Waals surface area contributed by atoms with Gasteiger partial charge in [-0.05, 0) is 18.6 Å². The normalized spacial score (nSPS) is 10.1. The standard InChI is InChI=1S/C7H8O4.2Na/c1-2-3-5(7(10)11)4-6(8)9;;/h2-4H,1H3,(H,8,9)(H,10,11);;/q;2*+1/p-2/b3-2?,5-4-;;. The first-order chi connectivity index (χ1) is 5.07. The van der Waals surface area contributed by atoms with Gasteiger partial charge in [-0.15, -0.1) is 0 Å². The van der Waals surface area contributed by atoms with Gasteiger partial charge in [0.05, 0.1) is 11.9 Å². The maximum Gasteiger partial charge on any atom is 1.00 e. The van der Waals surface area contributed by atoms with E-state index in [9.17, 15) is 19.8 Å². The van der Waals surface area contributed by atoms with Crippen LogP contribution in [-0.4, -0.2) is 11.9 Å². The molecule has 0 amide bonds. The van der Waals surface area contributed by atoms with Gasteiger partial charge in [-0.25, -0.2) is 0 Å². The van der Waals surface area contributed by atoms with Crippen LogP contribution in [-0.2, 0) is 9.59 Å². The van der Waals surface area contributed by atoms with Crippen LogP contribution in [0.2, 0.25) is 0 Å². The molecule has 0 aliphatic rings. The zero-order valence-electron chi connectivity index (χ0n) is 7.87. The largest absolute Gasteiger partial charge is 1.00 e. The van der Waals surface area contributed by atoms with E-state index >= 15 is 0 Å². The van der Waals surface area contributed by atoms with Gasteiger partial charge in [-0.2, -0.15) is 0 Å². The molecule has 0 aliphatic heterocycles. The van der Waals surface area contributed by atoms with Crippen molar-refractivity contribution in [2.45, 2.75) is 6.92 Å². The Labute approximate surface area is 120 Å². The van der Waals surface area contributed by atoms with Gasteiger partial charge in [-0.1, -0.05) is 12.2 Å². The van der Waals surface area contributed by atoms with Crippen LogP contribution in [0.25, 0.3) is 0 Å². The molecule has 0 aliphatic carbocycles. The van der Waals surface area contributed by atoms with Gasteiger partial charge in [0, 0.05) is 0 Å². The van der Waals surface area contributed by atoms with Crippen molar-refractivity contribution in [2.24, 2.45) is 0 Å². The third-order valence-electron chi connectivity index (χ3n) is 0.855. The van der Waals surface area contributed by atoms with Crippen molar-refractivity contribution in [2.75, 3.05) is 0 Å². The van der Waals surface area contributed by atoms with Crippen molar-refractivity contribution in [3.8, 4) is 0 Å². The molecule has 0 spiro atoms. The molecule has 60 valence electrons. The Morgan fingerprint density at radius 1 is 1.15 bits per heavy atom. The van der Waals surface area contributed by atoms with Crippen LogP contribution in [0.1, 0.15) is 6.92 Å². The zero-order valence-corrected chi connectivity index (χ0v) is 11.9. The fourth-order valence-electron chi connectivity index (χ4n) is 0.482. The summed E-state index contributed by atoms with van der Waals surface area (Å²) in [6.45, 7) is 1.56. The molecule has 0 atom stereocenters. The predicted octanol–water partition coefficient (Wildman–Crippen LogP) is -8.00. The number of carboxylic acid groups (broad SMARTS) is 2. The van der Waals surface area contributed by atoms with E-state index in [2.05, 4.69) is 0 Å². The van der Waals surface area contributed by atoms with Crippen LogP contribution < -0.4 is 69.3 Å². The van der Waals surface area contributed by atoms with E-state index in [-0.39, 0.29) is 59.1 Å². The van der Waals surface area contributed by atoms with Gasteiger partial charge < -0.3 is 19.8 Å². The first kappa shape index (κ1) is 19.1. The smallest absolute Gasteiger partial charge is 0.545 e. The molecule has 0 radical (unpaired) electrons. The van der Waals surface area contributed by atoms with Gasteiger partial charge in [0.25, 0.3) is 0 Å². The molecule has 0 saturated carbocycles. The molecule has 0 bridgehead atoms. The molecule has 0 aromatic heterocycles. The van der Waals surface area contributed by atoms with Gasteiger partial charge in [-0.3, -0.25) is 0 Å². The molecule has 6 heteroatoms. The van der Waals surface area contributed by atoms with Crippen molar-refractivity contribution in [1.29, 1.82) is 0 Å². The van der Waals surface area contributed by atoms with Crippen LogP contribution in [0, 0.1) is 0 Å². The predicted molar refractivity (Wildman–Crippen MR) is 32.9 cm³/mol. The average molecular weight is 200 g/mol. The maximum absolute atomic E-state index is 10.1. The summed E-state index contributed by atoms with van der Waals surface area (Å²) in [6.07, 6.45) is 2.98. The van der Waals surface area contributed by atoms with Crippen LogP contribution in [0.3, 0.4) is 0 Å². The monoisotopic (exact) mass is 200 g/mol. The number of allylic oxidation sites excluding steroid dienone is 1. The van der Waals surface area contributed by atoms with Crippen molar-refractivity contribution in [3.63, 3.8) is 0 Å². The van der Waals surface area contributed by atoms with Crippen LogP contribution in [0.4, 0.5) is 0 Å². The van der Waals surface area contributed by atoms with E-state index < -0.39 is 17.5 Å². The second-order valence-electron chi connectivity index (χ2n) is 1.71. The maximum atomic E-state index is 10.1. The van der Waals surface area contributed by atoms with Crippen LogP contribution >= 0.6 is 0 Å². The number of carbonyl (C=O) groups excluding carboxylic acids is 2. The van der Waals surface area contributed by atoms with Gasteiger partial charge in [0.1, 0.15) is 0 Å². The minimum atomic E-state index is -1.55. The molecule has 0 saturated heterocycles. The van der Waals surface area contributed by atoms with Gasteiger partial charge >= 0.3 is 59.1 Å². The fourth-order valence-corrected chi connectivity index (χ4v) is 0.482. The third-order valence-corrected chi connectivity index (χ3v) is 0.855. The Hall–Kier alpha value is 0.420. The third kappa shape index (κ3) is 10.3. The summed E-state index contributed by atoms with van der Waals surface area (Å²) in [7, 11) is 0. The first-order valence-electron chi connectivity index (χ1n) is 2.84. The molecule has 0 fully saturated rings. The molecule has 0 unspecified atom stereocenters. The summed E-state index contributed by atoms with van der Waals surface area (Å²) >= 11 is 0. The van der Waals surface area contributed by atoms with E-state index in [1.54, 1.807) is 6.92 Å². The summed E-state index contributed by atoms with van der Waals surface area (Å²) in [4.78, 5) is 20.0. The second-order valence-corrected chi connectivity index (χ2v) is 1.71. The molecule has 0 aromatic rings. The average Bonchev–Trinajstić information content (AvgIpc) is 1.86. The number of aliphatic carboxylic acids is 2. The minimum absolute atomic E-state index is 0. The number of hydrogen-bond acceptors (Lipinski definition) is 4.